The van der Waals surface area contributed by atoms with Crippen molar-refractivity contribution in [1.82, 2.24) is 4.98 Å². The standard InChI is InChI=1S/C13H18Cl2N2O/c1-13(18-2)4-3-5-17(9-13)12-6-10(7-14)11(15)8-16-12/h6,8H,3-5,7,9H2,1-2H3. The van der Waals surface area contributed by atoms with E-state index in [1.807, 2.05) is 6.07 Å². The molecule has 0 N–H and O–H groups in total. The summed E-state index contributed by atoms with van der Waals surface area (Å²) in [5.74, 6) is 1.34. The lowest BCUT2D eigenvalue weighted by Crippen LogP contribution is -2.47. The van der Waals surface area contributed by atoms with Gasteiger partial charge in [-0.05, 0) is 31.4 Å². The van der Waals surface area contributed by atoms with Gasteiger partial charge in [-0.25, -0.2) is 4.98 Å². The maximum atomic E-state index is 6.03. The Labute approximate surface area is 118 Å². The Bertz CT molecular complexity index is 427. The normalized spacial score (nSPS) is 24.3. The number of pyridine rings is 1. The van der Waals surface area contributed by atoms with Gasteiger partial charge in [-0.15, -0.1) is 11.6 Å². The number of hydrogen-bond acceptors (Lipinski definition) is 3. The van der Waals surface area contributed by atoms with Gasteiger partial charge < -0.3 is 9.64 Å². The van der Waals surface area contributed by atoms with Crippen molar-refractivity contribution in [2.45, 2.75) is 31.2 Å². The van der Waals surface area contributed by atoms with Crippen LogP contribution in [0.1, 0.15) is 25.3 Å². The second-order valence-electron chi connectivity index (χ2n) is 4.95. The van der Waals surface area contributed by atoms with E-state index in [1.54, 1.807) is 13.3 Å². The topological polar surface area (TPSA) is 25.4 Å². The van der Waals surface area contributed by atoms with Crippen LogP contribution in [0.2, 0.25) is 5.02 Å². The predicted molar refractivity (Wildman–Crippen MR) is 75.7 cm³/mol. The summed E-state index contributed by atoms with van der Waals surface area (Å²) in [6.45, 7) is 3.98. The van der Waals surface area contributed by atoms with Gasteiger partial charge in [0.25, 0.3) is 0 Å². The molecule has 1 aromatic heterocycles. The van der Waals surface area contributed by atoms with Crippen molar-refractivity contribution >= 4 is 29.0 Å². The predicted octanol–water partition coefficient (Wildman–Crippen LogP) is 3.48. The molecule has 2 heterocycles. The molecule has 2 rings (SSSR count). The third-order valence-electron chi connectivity index (χ3n) is 3.54. The fourth-order valence-electron chi connectivity index (χ4n) is 2.31. The number of aromatic nitrogens is 1. The van der Waals surface area contributed by atoms with Gasteiger partial charge in [0.15, 0.2) is 0 Å². The van der Waals surface area contributed by atoms with E-state index in [0.717, 1.165) is 37.3 Å². The van der Waals surface area contributed by atoms with Crippen LogP contribution in [-0.2, 0) is 10.6 Å². The molecular formula is C13H18Cl2N2O. The summed E-state index contributed by atoms with van der Waals surface area (Å²) < 4.78 is 5.59. The van der Waals surface area contributed by atoms with Crippen LogP contribution in [0.25, 0.3) is 0 Å². The number of piperidine rings is 1. The number of ether oxygens (including phenoxy) is 1. The Morgan fingerprint density at radius 1 is 1.56 bits per heavy atom. The van der Waals surface area contributed by atoms with Gasteiger partial charge >= 0.3 is 0 Å². The van der Waals surface area contributed by atoms with Crippen molar-refractivity contribution < 1.29 is 4.74 Å². The highest BCUT2D eigenvalue weighted by molar-refractivity contribution is 6.32. The quantitative estimate of drug-likeness (QED) is 0.797. The average Bonchev–Trinajstić information content (AvgIpc) is 2.39. The third kappa shape index (κ3) is 2.90. The van der Waals surface area contributed by atoms with Crippen LogP contribution < -0.4 is 4.90 Å². The molecule has 1 aliphatic rings. The summed E-state index contributed by atoms with van der Waals surface area (Å²) in [6, 6.07) is 1.97. The molecule has 0 bridgehead atoms. The lowest BCUT2D eigenvalue weighted by atomic mass is 9.95. The van der Waals surface area contributed by atoms with E-state index in [4.69, 9.17) is 27.9 Å². The molecule has 1 fully saturated rings. The molecule has 0 aliphatic carbocycles. The molecule has 100 valence electrons. The highest BCUT2D eigenvalue weighted by Crippen LogP contribution is 2.29. The van der Waals surface area contributed by atoms with Crippen LogP contribution in [0.4, 0.5) is 5.82 Å². The highest BCUT2D eigenvalue weighted by atomic mass is 35.5. The van der Waals surface area contributed by atoms with Gasteiger partial charge in [-0.1, -0.05) is 11.6 Å². The molecule has 3 nitrogen and oxygen atoms in total. The SMILES string of the molecule is COC1(C)CCCN(c2cc(CCl)c(Cl)cn2)C1. The van der Waals surface area contributed by atoms with E-state index in [9.17, 15) is 0 Å². The molecule has 1 aromatic rings. The molecule has 1 aliphatic heterocycles. The summed E-state index contributed by atoms with van der Waals surface area (Å²) >= 11 is 11.9. The first-order valence-electron chi connectivity index (χ1n) is 6.08. The summed E-state index contributed by atoms with van der Waals surface area (Å²) in [7, 11) is 1.77. The van der Waals surface area contributed by atoms with Crippen LogP contribution >= 0.6 is 23.2 Å². The first-order valence-corrected chi connectivity index (χ1v) is 7.00. The Balaban J connectivity index is 2.21. The van der Waals surface area contributed by atoms with Crippen LogP contribution in [-0.4, -0.2) is 30.8 Å². The molecular weight excluding hydrogens is 271 g/mol. The zero-order valence-corrected chi connectivity index (χ0v) is 12.3. The van der Waals surface area contributed by atoms with E-state index in [1.165, 1.54) is 0 Å². The second-order valence-corrected chi connectivity index (χ2v) is 5.62. The Kier molecular flexibility index (Phi) is 4.36. The minimum Gasteiger partial charge on any atom is -0.377 e. The van der Waals surface area contributed by atoms with E-state index < -0.39 is 0 Å². The van der Waals surface area contributed by atoms with E-state index in [2.05, 4.69) is 16.8 Å². The lowest BCUT2D eigenvalue weighted by Gasteiger charge is -2.40. The van der Waals surface area contributed by atoms with Gasteiger partial charge in [0.05, 0.1) is 10.6 Å². The smallest absolute Gasteiger partial charge is 0.128 e. The second kappa shape index (κ2) is 5.64. The van der Waals surface area contributed by atoms with Gasteiger partial charge in [0.2, 0.25) is 0 Å². The first kappa shape index (κ1) is 13.9. The number of rotatable bonds is 3. The summed E-state index contributed by atoms with van der Waals surface area (Å²) in [5, 5.41) is 0.625. The molecule has 5 heteroatoms. The summed E-state index contributed by atoms with van der Waals surface area (Å²) in [5.41, 5.74) is 0.828. The first-order chi connectivity index (χ1) is 8.58. The van der Waals surface area contributed by atoms with Gasteiger partial charge in [-0.2, -0.15) is 0 Å². The number of halogens is 2. The maximum absolute atomic E-state index is 6.03. The van der Waals surface area contributed by atoms with Gasteiger partial charge in [-0.3, -0.25) is 0 Å². The number of methoxy groups -OCH3 is 1. The fourth-order valence-corrected chi connectivity index (χ4v) is 2.77. The summed E-state index contributed by atoms with van der Waals surface area (Å²) in [4.78, 5) is 6.63. The Morgan fingerprint density at radius 3 is 3.00 bits per heavy atom. The molecule has 0 saturated carbocycles. The number of nitrogens with zero attached hydrogens (tertiary/aromatic N) is 2. The number of anilines is 1. The maximum Gasteiger partial charge on any atom is 0.128 e. The molecule has 0 aromatic carbocycles. The minimum absolute atomic E-state index is 0.0965. The van der Waals surface area contributed by atoms with Crippen LogP contribution in [0, 0.1) is 0 Å². The van der Waals surface area contributed by atoms with E-state index in [-0.39, 0.29) is 5.60 Å². The number of alkyl halides is 1. The molecule has 0 spiro atoms. The van der Waals surface area contributed by atoms with Crippen LogP contribution in [0.15, 0.2) is 12.3 Å². The van der Waals surface area contributed by atoms with Gasteiger partial charge in [0, 0.05) is 32.3 Å². The highest BCUT2D eigenvalue weighted by Gasteiger charge is 2.31. The monoisotopic (exact) mass is 288 g/mol. The van der Waals surface area contributed by atoms with Crippen molar-refractivity contribution in [3.63, 3.8) is 0 Å². The van der Waals surface area contributed by atoms with Gasteiger partial charge in [0.1, 0.15) is 5.82 Å². The Morgan fingerprint density at radius 2 is 2.33 bits per heavy atom. The molecule has 1 unspecified atom stereocenters. The molecule has 1 atom stereocenters. The summed E-state index contributed by atoms with van der Waals surface area (Å²) in [6.07, 6.45) is 3.86. The zero-order chi connectivity index (χ0) is 13.2. The molecule has 0 amide bonds. The fraction of sp³-hybridized carbons (Fsp3) is 0.615. The van der Waals surface area contributed by atoms with Crippen molar-refractivity contribution in [2.75, 3.05) is 25.1 Å². The van der Waals surface area contributed by atoms with E-state index in [0.29, 0.717) is 10.9 Å². The minimum atomic E-state index is -0.0965. The molecule has 18 heavy (non-hydrogen) atoms. The number of hydrogen-bond donors (Lipinski definition) is 0. The largest absolute Gasteiger partial charge is 0.377 e. The van der Waals surface area contributed by atoms with Crippen molar-refractivity contribution in [3.05, 3.63) is 22.8 Å². The molecule has 1 saturated heterocycles. The van der Waals surface area contributed by atoms with Crippen LogP contribution in [0.5, 0.6) is 0 Å². The average molecular weight is 289 g/mol. The van der Waals surface area contributed by atoms with Crippen molar-refractivity contribution in [2.24, 2.45) is 0 Å². The van der Waals surface area contributed by atoms with Crippen molar-refractivity contribution in [1.29, 1.82) is 0 Å². The van der Waals surface area contributed by atoms with Crippen molar-refractivity contribution in [3.8, 4) is 0 Å². The third-order valence-corrected chi connectivity index (χ3v) is 4.17. The lowest BCUT2D eigenvalue weighted by molar-refractivity contribution is -0.00481. The van der Waals surface area contributed by atoms with E-state index >= 15 is 0 Å². The zero-order valence-electron chi connectivity index (χ0n) is 10.7. The molecule has 0 radical (unpaired) electrons. The Hall–Kier alpha value is -0.510. The van der Waals surface area contributed by atoms with Crippen LogP contribution in [0.3, 0.4) is 0 Å².